The number of aromatic hydroxyl groups is 1. The molecule has 0 fully saturated rings. The number of allylic oxidation sites excluding steroid dienone is 1. The van der Waals surface area contributed by atoms with Gasteiger partial charge in [0.2, 0.25) is 0 Å². The van der Waals surface area contributed by atoms with E-state index in [1.54, 1.807) is 6.08 Å². The van der Waals surface area contributed by atoms with Crippen molar-refractivity contribution in [2.75, 3.05) is 0 Å². The molecule has 0 bridgehead atoms. The lowest BCUT2D eigenvalue weighted by atomic mass is 9.78. The molecule has 0 unspecified atom stereocenters. The number of benzene rings is 1. The van der Waals surface area contributed by atoms with Crippen molar-refractivity contribution < 1.29 is 14.7 Å². The number of phenols is 1. The molecule has 0 heterocycles. The Balaban J connectivity index is 3.37. The second-order valence-corrected chi connectivity index (χ2v) is 8.14. The topological polar surface area (TPSA) is 54.4 Å². The van der Waals surface area contributed by atoms with Crippen molar-refractivity contribution in [3.05, 3.63) is 34.9 Å². The van der Waals surface area contributed by atoms with Gasteiger partial charge in [0.25, 0.3) is 0 Å². The number of hydrogen-bond donors (Lipinski definition) is 1. The first kappa shape index (κ1) is 19.1. The minimum Gasteiger partial charge on any atom is -0.507 e. The van der Waals surface area contributed by atoms with E-state index in [-0.39, 0.29) is 28.8 Å². The standard InChI is InChI=1S/C20H28O3/c1-13(21)10-15(22)9-8-14-11-16(19(2,3)4)18(23)17(12-14)20(5,6)7/h8-9,11-12,23H,10H2,1-7H3. The molecule has 0 aromatic heterocycles. The molecule has 3 nitrogen and oxygen atoms in total. The summed E-state index contributed by atoms with van der Waals surface area (Å²) in [6.07, 6.45) is 3.08. The van der Waals surface area contributed by atoms with Crippen LogP contribution in [-0.2, 0) is 20.4 Å². The molecule has 0 amide bonds. The largest absolute Gasteiger partial charge is 0.507 e. The number of ketones is 2. The van der Waals surface area contributed by atoms with Crippen molar-refractivity contribution in [3.63, 3.8) is 0 Å². The lowest BCUT2D eigenvalue weighted by Crippen LogP contribution is -2.17. The quantitative estimate of drug-likeness (QED) is 0.655. The average molecular weight is 316 g/mol. The highest BCUT2D eigenvalue weighted by molar-refractivity contribution is 6.05. The Kier molecular flexibility index (Phi) is 5.57. The van der Waals surface area contributed by atoms with Crippen LogP contribution in [-0.4, -0.2) is 16.7 Å². The Morgan fingerprint density at radius 2 is 1.43 bits per heavy atom. The van der Waals surface area contributed by atoms with Gasteiger partial charge in [-0.1, -0.05) is 47.6 Å². The van der Waals surface area contributed by atoms with Gasteiger partial charge in [-0.3, -0.25) is 9.59 Å². The van der Waals surface area contributed by atoms with E-state index in [0.717, 1.165) is 16.7 Å². The van der Waals surface area contributed by atoms with Gasteiger partial charge >= 0.3 is 0 Å². The van der Waals surface area contributed by atoms with Gasteiger partial charge in [0.15, 0.2) is 5.78 Å². The zero-order valence-electron chi connectivity index (χ0n) is 15.3. The molecule has 126 valence electrons. The van der Waals surface area contributed by atoms with Crippen LogP contribution in [0.5, 0.6) is 5.75 Å². The minimum absolute atomic E-state index is 0.0765. The van der Waals surface area contributed by atoms with Crippen molar-refractivity contribution in [1.82, 2.24) is 0 Å². The predicted octanol–water partition coefficient (Wildman–Crippen LogP) is 4.55. The summed E-state index contributed by atoms with van der Waals surface area (Å²) < 4.78 is 0. The molecule has 0 spiro atoms. The molecule has 0 radical (unpaired) electrons. The summed E-state index contributed by atoms with van der Waals surface area (Å²) in [5.74, 6) is -0.0338. The van der Waals surface area contributed by atoms with Crippen molar-refractivity contribution in [2.24, 2.45) is 0 Å². The molecule has 0 aliphatic rings. The molecule has 1 aromatic rings. The third-order valence-electron chi connectivity index (χ3n) is 3.63. The average Bonchev–Trinajstić information content (AvgIpc) is 2.33. The first-order valence-corrected chi connectivity index (χ1v) is 7.90. The summed E-state index contributed by atoms with van der Waals surface area (Å²) >= 11 is 0. The molecule has 0 aliphatic heterocycles. The van der Waals surface area contributed by atoms with Crippen molar-refractivity contribution in [1.29, 1.82) is 0 Å². The van der Waals surface area contributed by atoms with Gasteiger partial charge in [0, 0.05) is 11.1 Å². The second-order valence-electron chi connectivity index (χ2n) is 8.14. The normalized spacial score (nSPS) is 12.7. The fourth-order valence-corrected chi connectivity index (χ4v) is 2.39. The first-order chi connectivity index (χ1) is 10.3. The molecule has 1 N–H and O–H groups in total. The summed E-state index contributed by atoms with van der Waals surface area (Å²) in [6, 6.07) is 3.81. The molecule has 3 heteroatoms. The Hall–Kier alpha value is -1.90. The van der Waals surface area contributed by atoms with E-state index in [0.29, 0.717) is 5.75 Å². The number of carbonyl (C=O) groups excluding carboxylic acids is 2. The molecule has 0 saturated carbocycles. The molecular formula is C20H28O3. The summed E-state index contributed by atoms with van der Waals surface area (Å²) in [5, 5.41) is 10.6. The van der Waals surface area contributed by atoms with E-state index < -0.39 is 0 Å². The van der Waals surface area contributed by atoms with Crippen molar-refractivity contribution in [3.8, 4) is 5.75 Å². The van der Waals surface area contributed by atoms with Gasteiger partial charge in [-0.2, -0.15) is 0 Å². The molecule has 1 aromatic carbocycles. The van der Waals surface area contributed by atoms with Crippen LogP contribution in [0.1, 0.15) is 71.6 Å². The van der Waals surface area contributed by atoms with Crippen molar-refractivity contribution in [2.45, 2.75) is 65.7 Å². The van der Waals surface area contributed by atoms with Crippen LogP contribution in [0.2, 0.25) is 0 Å². The van der Waals surface area contributed by atoms with Crippen LogP contribution < -0.4 is 0 Å². The van der Waals surface area contributed by atoms with Gasteiger partial charge in [0.05, 0.1) is 6.42 Å². The summed E-state index contributed by atoms with van der Waals surface area (Å²) in [6.45, 7) is 13.7. The monoisotopic (exact) mass is 316 g/mol. The highest BCUT2D eigenvalue weighted by Gasteiger charge is 2.26. The fraction of sp³-hybridized carbons (Fsp3) is 0.500. The molecule has 0 aliphatic carbocycles. The number of Topliss-reactive ketones (excluding diaryl/α,β-unsaturated/α-hetero) is 1. The highest BCUT2D eigenvalue weighted by atomic mass is 16.3. The predicted molar refractivity (Wildman–Crippen MR) is 94.8 cm³/mol. The van der Waals surface area contributed by atoms with Gasteiger partial charge in [-0.15, -0.1) is 0 Å². The SMILES string of the molecule is CC(=O)CC(=O)C=Cc1cc(C(C)(C)C)c(O)c(C(C)(C)C)c1. The van der Waals surface area contributed by atoms with Crippen LogP contribution in [0.25, 0.3) is 6.08 Å². The third-order valence-corrected chi connectivity index (χ3v) is 3.63. The Morgan fingerprint density at radius 3 is 1.78 bits per heavy atom. The van der Waals surface area contributed by atoms with Crippen LogP contribution in [0.3, 0.4) is 0 Å². The van der Waals surface area contributed by atoms with E-state index in [1.807, 2.05) is 53.7 Å². The van der Waals surface area contributed by atoms with Crippen LogP contribution in [0.4, 0.5) is 0 Å². The fourth-order valence-electron chi connectivity index (χ4n) is 2.39. The Bertz CT molecular complexity index is 603. The smallest absolute Gasteiger partial charge is 0.163 e. The van der Waals surface area contributed by atoms with Gasteiger partial charge in [-0.25, -0.2) is 0 Å². The number of carbonyl (C=O) groups is 2. The maximum Gasteiger partial charge on any atom is 0.163 e. The maximum absolute atomic E-state index is 11.7. The highest BCUT2D eigenvalue weighted by Crippen LogP contribution is 2.39. The summed E-state index contributed by atoms with van der Waals surface area (Å²) in [5.41, 5.74) is 2.14. The summed E-state index contributed by atoms with van der Waals surface area (Å²) in [7, 11) is 0. The van der Waals surface area contributed by atoms with Crippen LogP contribution in [0.15, 0.2) is 18.2 Å². The Labute approximate surface area is 139 Å². The van der Waals surface area contributed by atoms with E-state index in [2.05, 4.69) is 0 Å². The molecule has 1 rings (SSSR count). The molecular weight excluding hydrogens is 288 g/mol. The zero-order chi connectivity index (χ0) is 18.0. The van der Waals surface area contributed by atoms with Gasteiger partial charge in [-0.05, 0) is 41.5 Å². The van der Waals surface area contributed by atoms with Gasteiger partial charge in [0.1, 0.15) is 11.5 Å². The van der Waals surface area contributed by atoms with Gasteiger partial charge < -0.3 is 5.11 Å². The lowest BCUT2D eigenvalue weighted by molar-refractivity contribution is -0.123. The lowest BCUT2D eigenvalue weighted by Gasteiger charge is -2.27. The molecule has 23 heavy (non-hydrogen) atoms. The number of rotatable bonds is 4. The number of phenolic OH excluding ortho intramolecular Hbond substituents is 1. The van der Waals surface area contributed by atoms with Crippen LogP contribution >= 0.6 is 0 Å². The maximum atomic E-state index is 11.7. The summed E-state index contributed by atoms with van der Waals surface area (Å²) in [4.78, 5) is 22.7. The Morgan fingerprint density at radius 1 is 1.00 bits per heavy atom. The van der Waals surface area contributed by atoms with Crippen LogP contribution in [0, 0.1) is 0 Å². The van der Waals surface area contributed by atoms with E-state index in [4.69, 9.17) is 0 Å². The van der Waals surface area contributed by atoms with E-state index in [9.17, 15) is 14.7 Å². The second kappa shape index (κ2) is 6.69. The van der Waals surface area contributed by atoms with E-state index >= 15 is 0 Å². The zero-order valence-corrected chi connectivity index (χ0v) is 15.3. The third kappa shape index (κ3) is 5.34. The minimum atomic E-state index is -0.211. The van der Waals surface area contributed by atoms with Crippen molar-refractivity contribution >= 4 is 17.6 Å². The molecule has 0 atom stereocenters. The van der Waals surface area contributed by atoms with E-state index in [1.165, 1.54) is 13.0 Å². The first-order valence-electron chi connectivity index (χ1n) is 7.90. The molecule has 0 saturated heterocycles. The number of hydrogen-bond acceptors (Lipinski definition) is 3.